The lowest BCUT2D eigenvalue weighted by molar-refractivity contribution is -0.137. The Bertz CT molecular complexity index is 420. The zero-order valence-electron chi connectivity index (χ0n) is 9.44. The molecule has 1 unspecified atom stereocenters. The van der Waals surface area contributed by atoms with Gasteiger partial charge in [-0.3, -0.25) is 9.59 Å². The second-order valence-corrected chi connectivity index (χ2v) is 3.87. The zero-order valence-corrected chi connectivity index (χ0v) is 9.44. The van der Waals surface area contributed by atoms with Crippen LogP contribution in [-0.2, 0) is 16.0 Å². The molecule has 1 amide bonds. The Balaban J connectivity index is 2.47. The van der Waals surface area contributed by atoms with Crippen LogP contribution in [0.15, 0.2) is 24.3 Å². The third kappa shape index (κ3) is 5.10. The molecule has 1 aromatic carbocycles. The molecule has 0 aliphatic carbocycles. The van der Waals surface area contributed by atoms with Crippen molar-refractivity contribution in [2.45, 2.75) is 25.8 Å². The van der Waals surface area contributed by atoms with E-state index in [1.165, 1.54) is 18.2 Å². The fourth-order valence-corrected chi connectivity index (χ4v) is 1.47. The van der Waals surface area contributed by atoms with Crippen LogP contribution in [0.5, 0.6) is 0 Å². The topological polar surface area (TPSA) is 66.4 Å². The number of carbonyl (C=O) groups is 2. The van der Waals surface area contributed by atoms with Gasteiger partial charge in [0, 0.05) is 6.04 Å². The first kappa shape index (κ1) is 13.2. The van der Waals surface area contributed by atoms with Crippen molar-refractivity contribution in [1.29, 1.82) is 0 Å². The summed E-state index contributed by atoms with van der Waals surface area (Å²) in [7, 11) is 0. The lowest BCUT2D eigenvalue weighted by atomic mass is 10.1. The summed E-state index contributed by atoms with van der Waals surface area (Å²) in [6.07, 6.45) is -0.0867. The summed E-state index contributed by atoms with van der Waals surface area (Å²) in [5, 5.41) is 11.1. The fourth-order valence-electron chi connectivity index (χ4n) is 1.47. The maximum Gasteiger partial charge on any atom is 0.305 e. The molecule has 0 saturated carbocycles. The first-order chi connectivity index (χ1) is 7.97. The van der Waals surface area contributed by atoms with Gasteiger partial charge in [0.15, 0.2) is 0 Å². The van der Waals surface area contributed by atoms with Crippen LogP contribution in [0.25, 0.3) is 0 Å². The summed E-state index contributed by atoms with van der Waals surface area (Å²) < 4.78 is 12.8. The molecule has 2 N–H and O–H groups in total. The number of rotatable bonds is 5. The van der Waals surface area contributed by atoms with Crippen molar-refractivity contribution in [3.63, 3.8) is 0 Å². The van der Waals surface area contributed by atoms with E-state index in [4.69, 9.17) is 5.11 Å². The number of nitrogens with one attached hydrogen (secondary N) is 1. The molecule has 1 rings (SSSR count). The lowest BCUT2D eigenvalue weighted by Gasteiger charge is -2.11. The molecule has 5 heteroatoms. The number of carboxylic acids is 1. The van der Waals surface area contributed by atoms with Gasteiger partial charge in [0.05, 0.1) is 12.8 Å². The number of benzene rings is 1. The molecule has 0 aromatic heterocycles. The Morgan fingerprint density at radius 2 is 2.18 bits per heavy atom. The van der Waals surface area contributed by atoms with Crippen molar-refractivity contribution in [2.24, 2.45) is 0 Å². The first-order valence-electron chi connectivity index (χ1n) is 5.23. The second kappa shape index (κ2) is 5.98. The van der Waals surface area contributed by atoms with Gasteiger partial charge in [0.1, 0.15) is 5.82 Å². The van der Waals surface area contributed by atoms with Gasteiger partial charge in [-0.2, -0.15) is 0 Å². The molecule has 4 nitrogen and oxygen atoms in total. The quantitative estimate of drug-likeness (QED) is 0.815. The Morgan fingerprint density at radius 1 is 1.47 bits per heavy atom. The Labute approximate surface area is 98.5 Å². The highest BCUT2D eigenvalue weighted by Gasteiger charge is 2.11. The van der Waals surface area contributed by atoms with Gasteiger partial charge in [0.2, 0.25) is 5.91 Å². The van der Waals surface area contributed by atoms with Crippen LogP contribution in [0, 0.1) is 5.82 Å². The van der Waals surface area contributed by atoms with Crippen LogP contribution in [0.3, 0.4) is 0 Å². The minimum absolute atomic E-state index is 0.0434. The molecule has 0 saturated heterocycles. The van der Waals surface area contributed by atoms with E-state index in [1.54, 1.807) is 13.0 Å². The highest BCUT2D eigenvalue weighted by atomic mass is 19.1. The molecular weight excluding hydrogens is 225 g/mol. The van der Waals surface area contributed by atoms with Gasteiger partial charge in [-0.1, -0.05) is 12.1 Å². The van der Waals surface area contributed by atoms with E-state index in [1.807, 2.05) is 0 Å². The molecule has 0 bridgehead atoms. The average Bonchev–Trinajstić information content (AvgIpc) is 2.14. The molecule has 1 atom stereocenters. The number of carbonyl (C=O) groups excluding carboxylic acids is 1. The highest BCUT2D eigenvalue weighted by molar-refractivity contribution is 5.79. The van der Waals surface area contributed by atoms with E-state index < -0.39 is 17.8 Å². The van der Waals surface area contributed by atoms with Crippen molar-refractivity contribution in [3.8, 4) is 0 Å². The number of halogens is 1. The van der Waals surface area contributed by atoms with Crippen molar-refractivity contribution >= 4 is 11.9 Å². The lowest BCUT2D eigenvalue weighted by Crippen LogP contribution is -2.35. The van der Waals surface area contributed by atoms with Gasteiger partial charge < -0.3 is 10.4 Å². The summed E-state index contributed by atoms with van der Waals surface area (Å²) in [5.41, 5.74) is 0.560. The van der Waals surface area contributed by atoms with E-state index in [2.05, 4.69) is 5.32 Å². The molecule has 0 aliphatic heterocycles. The molecule has 1 aromatic rings. The van der Waals surface area contributed by atoms with Crippen molar-refractivity contribution < 1.29 is 19.1 Å². The number of aliphatic carboxylic acids is 1. The molecule has 0 aliphatic rings. The Kier molecular flexibility index (Phi) is 4.63. The van der Waals surface area contributed by atoms with E-state index in [9.17, 15) is 14.0 Å². The van der Waals surface area contributed by atoms with Gasteiger partial charge in [0.25, 0.3) is 0 Å². The number of carboxylic acid groups (broad SMARTS) is 1. The number of hydrogen-bond donors (Lipinski definition) is 2. The van der Waals surface area contributed by atoms with Crippen LogP contribution in [-0.4, -0.2) is 23.0 Å². The van der Waals surface area contributed by atoms with Crippen LogP contribution in [0.4, 0.5) is 4.39 Å². The molecular formula is C12H14FNO3. The molecule has 0 spiro atoms. The predicted molar refractivity (Wildman–Crippen MR) is 60.0 cm³/mol. The van der Waals surface area contributed by atoms with Crippen LogP contribution >= 0.6 is 0 Å². The Morgan fingerprint density at radius 3 is 2.76 bits per heavy atom. The molecule has 0 radical (unpaired) electrons. The van der Waals surface area contributed by atoms with Gasteiger partial charge in [-0.05, 0) is 24.6 Å². The molecule has 92 valence electrons. The van der Waals surface area contributed by atoms with Gasteiger partial charge in [-0.15, -0.1) is 0 Å². The van der Waals surface area contributed by atoms with Gasteiger partial charge in [-0.25, -0.2) is 4.39 Å². The monoisotopic (exact) mass is 239 g/mol. The predicted octanol–water partition coefficient (Wildman–Crippen LogP) is 1.35. The van der Waals surface area contributed by atoms with Crippen LogP contribution < -0.4 is 5.32 Å². The molecule has 0 heterocycles. The van der Waals surface area contributed by atoms with Gasteiger partial charge >= 0.3 is 5.97 Å². The third-order valence-corrected chi connectivity index (χ3v) is 2.14. The van der Waals surface area contributed by atoms with E-state index in [0.717, 1.165) is 0 Å². The minimum atomic E-state index is -0.969. The summed E-state index contributed by atoms with van der Waals surface area (Å²) >= 11 is 0. The van der Waals surface area contributed by atoms with Crippen LogP contribution in [0.1, 0.15) is 18.9 Å². The highest BCUT2D eigenvalue weighted by Crippen LogP contribution is 2.04. The maximum absolute atomic E-state index is 12.8. The summed E-state index contributed by atoms with van der Waals surface area (Å²) in [5.74, 6) is -1.68. The standard InChI is InChI=1S/C12H14FNO3/c1-8(5-12(16)17)14-11(15)7-9-3-2-4-10(13)6-9/h2-4,6,8H,5,7H2,1H3,(H,14,15)(H,16,17). The van der Waals surface area contributed by atoms with Crippen molar-refractivity contribution in [3.05, 3.63) is 35.6 Å². The van der Waals surface area contributed by atoms with Crippen LogP contribution in [0.2, 0.25) is 0 Å². The maximum atomic E-state index is 12.8. The number of hydrogen-bond acceptors (Lipinski definition) is 2. The molecule has 17 heavy (non-hydrogen) atoms. The third-order valence-electron chi connectivity index (χ3n) is 2.14. The van der Waals surface area contributed by atoms with E-state index in [-0.39, 0.29) is 18.7 Å². The second-order valence-electron chi connectivity index (χ2n) is 3.87. The number of amides is 1. The SMILES string of the molecule is CC(CC(=O)O)NC(=O)Cc1cccc(F)c1. The summed E-state index contributed by atoms with van der Waals surface area (Å²) in [6, 6.07) is 5.31. The largest absolute Gasteiger partial charge is 0.481 e. The fraction of sp³-hybridized carbons (Fsp3) is 0.333. The van der Waals surface area contributed by atoms with E-state index >= 15 is 0 Å². The first-order valence-corrected chi connectivity index (χ1v) is 5.23. The van der Waals surface area contributed by atoms with Crippen molar-refractivity contribution in [2.75, 3.05) is 0 Å². The summed E-state index contributed by atoms with van der Waals surface area (Å²) in [4.78, 5) is 21.9. The summed E-state index contributed by atoms with van der Waals surface area (Å²) in [6.45, 7) is 1.61. The van der Waals surface area contributed by atoms with Crippen molar-refractivity contribution in [1.82, 2.24) is 5.32 Å². The van der Waals surface area contributed by atoms with E-state index in [0.29, 0.717) is 5.56 Å². The smallest absolute Gasteiger partial charge is 0.305 e. The molecule has 0 fully saturated rings. The zero-order chi connectivity index (χ0) is 12.8. The average molecular weight is 239 g/mol. The Hall–Kier alpha value is -1.91. The minimum Gasteiger partial charge on any atom is -0.481 e. The normalized spacial score (nSPS) is 11.9.